The Balaban J connectivity index is 2.16. The molecule has 1 aliphatic rings. The maximum atomic E-state index is 11.7. The molecule has 0 aromatic carbocycles. The van der Waals surface area contributed by atoms with Gasteiger partial charge < -0.3 is 15.5 Å². The van der Waals surface area contributed by atoms with E-state index in [9.17, 15) is 9.59 Å². The van der Waals surface area contributed by atoms with Crippen LogP contribution >= 0.6 is 0 Å². The maximum Gasteiger partial charge on any atom is 0.315 e. The Morgan fingerprint density at radius 1 is 1.16 bits per heavy atom. The van der Waals surface area contributed by atoms with Crippen molar-refractivity contribution in [3.8, 4) is 0 Å². The van der Waals surface area contributed by atoms with Gasteiger partial charge in [0.1, 0.15) is 0 Å². The molecule has 0 aliphatic heterocycles. The number of amides is 3. The average Bonchev–Trinajstić information content (AvgIpc) is 2.38. The molecular formula is C14H27N3O2. The molecule has 0 atom stereocenters. The normalized spacial score (nSPS) is 15.9. The molecule has 1 aliphatic carbocycles. The second kappa shape index (κ2) is 8.77. The lowest BCUT2D eigenvalue weighted by molar-refractivity contribution is -0.128. The molecule has 0 radical (unpaired) electrons. The van der Waals surface area contributed by atoms with Gasteiger partial charge in [0, 0.05) is 32.6 Å². The Kier molecular flexibility index (Phi) is 7.30. The van der Waals surface area contributed by atoms with Crippen LogP contribution in [0.5, 0.6) is 0 Å². The summed E-state index contributed by atoms with van der Waals surface area (Å²) in [5, 5.41) is 5.83. The molecule has 1 rings (SSSR count). The van der Waals surface area contributed by atoms with Crippen LogP contribution in [0.4, 0.5) is 4.79 Å². The zero-order valence-electron chi connectivity index (χ0n) is 12.2. The molecule has 0 heterocycles. The van der Waals surface area contributed by atoms with Crippen molar-refractivity contribution in [2.75, 3.05) is 19.6 Å². The Bertz CT molecular complexity index is 288. The van der Waals surface area contributed by atoms with Gasteiger partial charge >= 0.3 is 6.03 Å². The van der Waals surface area contributed by atoms with Gasteiger partial charge in [-0.25, -0.2) is 4.79 Å². The van der Waals surface area contributed by atoms with Crippen molar-refractivity contribution in [1.82, 2.24) is 15.5 Å². The second-order valence-corrected chi connectivity index (χ2v) is 5.24. The molecule has 110 valence electrons. The molecule has 5 nitrogen and oxygen atoms in total. The van der Waals surface area contributed by atoms with E-state index in [4.69, 9.17) is 0 Å². The van der Waals surface area contributed by atoms with Crippen molar-refractivity contribution in [2.24, 2.45) is 0 Å². The van der Waals surface area contributed by atoms with E-state index in [-0.39, 0.29) is 11.9 Å². The highest BCUT2D eigenvalue weighted by molar-refractivity contribution is 5.75. The van der Waals surface area contributed by atoms with Crippen LogP contribution in [0.3, 0.4) is 0 Å². The highest BCUT2D eigenvalue weighted by Crippen LogP contribution is 2.16. The van der Waals surface area contributed by atoms with Gasteiger partial charge in [0.05, 0.1) is 0 Å². The van der Waals surface area contributed by atoms with Crippen molar-refractivity contribution in [1.29, 1.82) is 0 Å². The van der Waals surface area contributed by atoms with E-state index in [1.807, 2.05) is 6.92 Å². The van der Waals surface area contributed by atoms with Crippen molar-refractivity contribution < 1.29 is 9.59 Å². The quantitative estimate of drug-likeness (QED) is 0.773. The lowest BCUT2D eigenvalue weighted by Crippen LogP contribution is -2.45. The summed E-state index contributed by atoms with van der Waals surface area (Å²) in [4.78, 5) is 24.8. The lowest BCUT2D eigenvalue weighted by Gasteiger charge is -2.24. The number of nitrogens with zero attached hydrogens (tertiary/aromatic N) is 1. The van der Waals surface area contributed by atoms with E-state index in [1.165, 1.54) is 19.3 Å². The SMILES string of the molecule is CCCN(CCNC(=O)NC1CCCCC1)C(C)=O. The van der Waals surface area contributed by atoms with Gasteiger partial charge in [-0.15, -0.1) is 0 Å². The van der Waals surface area contributed by atoms with E-state index in [2.05, 4.69) is 10.6 Å². The fourth-order valence-corrected chi connectivity index (χ4v) is 2.48. The van der Waals surface area contributed by atoms with Gasteiger partial charge in [-0.1, -0.05) is 26.2 Å². The largest absolute Gasteiger partial charge is 0.341 e. The van der Waals surface area contributed by atoms with Crippen LogP contribution in [0, 0.1) is 0 Å². The van der Waals surface area contributed by atoms with E-state index in [0.717, 1.165) is 25.8 Å². The van der Waals surface area contributed by atoms with Crippen LogP contribution in [0.15, 0.2) is 0 Å². The number of hydrogen-bond acceptors (Lipinski definition) is 2. The molecule has 0 aromatic rings. The molecule has 1 fully saturated rings. The lowest BCUT2D eigenvalue weighted by atomic mass is 9.96. The third-order valence-electron chi connectivity index (χ3n) is 3.55. The predicted octanol–water partition coefficient (Wildman–Crippen LogP) is 1.88. The van der Waals surface area contributed by atoms with Crippen LogP contribution in [0.1, 0.15) is 52.4 Å². The van der Waals surface area contributed by atoms with Crippen LogP contribution in [0.2, 0.25) is 0 Å². The number of hydrogen-bond donors (Lipinski definition) is 2. The van der Waals surface area contributed by atoms with Gasteiger partial charge in [0.25, 0.3) is 0 Å². The first-order chi connectivity index (χ1) is 9.13. The average molecular weight is 269 g/mol. The molecule has 2 N–H and O–H groups in total. The van der Waals surface area contributed by atoms with Gasteiger partial charge in [0.2, 0.25) is 5.91 Å². The van der Waals surface area contributed by atoms with E-state index in [0.29, 0.717) is 19.1 Å². The zero-order chi connectivity index (χ0) is 14.1. The second-order valence-electron chi connectivity index (χ2n) is 5.24. The first kappa shape index (κ1) is 15.8. The molecule has 0 aromatic heterocycles. The monoisotopic (exact) mass is 269 g/mol. The minimum atomic E-state index is -0.105. The maximum absolute atomic E-state index is 11.7. The van der Waals surface area contributed by atoms with Crippen LogP contribution < -0.4 is 10.6 Å². The van der Waals surface area contributed by atoms with Gasteiger partial charge in [-0.05, 0) is 19.3 Å². The summed E-state index contributed by atoms with van der Waals surface area (Å²) in [7, 11) is 0. The molecule has 0 unspecified atom stereocenters. The van der Waals surface area contributed by atoms with E-state index >= 15 is 0 Å². The third kappa shape index (κ3) is 6.45. The van der Waals surface area contributed by atoms with Gasteiger partial charge in [-0.3, -0.25) is 4.79 Å². The Morgan fingerprint density at radius 2 is 1.84 bits per heavy atom. The first-order valence-corrected chi connectivity index (χ1v) is 7.43. The number of carbonyl (C=O) groups excluding carboxylic acids is 2. The summed E-state index contributed by atoms with van der Waals surface area (Å²) in [6.45, 7) is 5.46. The number of carbonyl (C=O) groups is 2. The van der Waals surface area contributed by atoms with E-state index in [1.54, 1.807) is 11.8 Å². The van der Waals surface area contributed by atoms with Crippen molar-refractivity contribution in [3.63, 3.8) is 0 Å². The highest BCUT2D eigenvalue weighted by atomic mass is 16.2. The molecule has 3 amide bonds. The summed E-state index contributed by atoms with van der Waals surface area (Å²) in [6, 6.07) is 0.222. The molecular weight excluding hydrogens is 242 g/mol. The van der Waals surface area contributed by atoms with E-state index < -0.39 is 0 Å². The molecule has 0 bridgehead atoms. The number of nitrogens with one attached hydrogen (secondary N) is 2. The predicted molar refractivity (Wildman–Crippen MR) is 76.0 cm³/mol. The summed E-state index contributed by atoms with van der Waals surface area (Å²) in [5.74, 6) is 0.0661. The summed E-state index contributed by atoms with van der Waals surface area (Å²) in [5.41, 5.74) is 0. The molecule has 19 heavy (non-hydrogen) atoms. The number of urea groups is 1. The van der Waals surface area contributed by atoms with Crippen molar-refractivity contribution in [3.05, 3.63) is 0 Å². The van der Waals surface area contributed by atoms with Crippen molar-refractivity contribution >= 4 is 11.9 Å². The summed E-state index contributed by atoms with van der Waals surface area (Å²) < 4.78 is 0. The fourth-order valence-electron chi connectivity index (χ4n) is 2.48. The molecule has 0 spiro atoms. The van der Waals surface area contributed by atoms with Gasteiger partial charge in [0.15, 0.2) is 0 Å². The Hall–Kier alpha value is -1.26. The Labute approximate surface area is 116 Å². The van der Waals surface area contributed by atoms with Gasteiger partial charge in [-0.2, -0.15) is 0 Å². The fraction of sp³-hybridized carbons (Fsp3) is 0.857. The molecule has 5 heteroatoms. The highest BCUT2D eigenvalue weighted by Gasteiger charge is 2.15. The first-order valence-electron chi connectivity index (χ1n) is 7.43. The standard InChI is InChI=1S/C14H27N3O2/c1-3-10-17(12(2)18)11-9-15-14(19)16-13-7-5-4-6-8-13/h13H,3-11H2,1-2H3,(H2,15,16,19). The summed E-state index contributed by atoms with van der Waals surface area (Å²) in [6.07, 6.45) is 6.81. The zero-order valence-corrected chi connectivity index (χ0v) is 12.2. The topological polar surface area (TPSA) is 61.4 Å². The molecule has 0 saturated heterocycles. The van der Waals surface area contributed by atoms with Crippen molar-refractivity contribution in [2.45, 2.75) is 58.4 Å². The van der Waals surface area contributed by atoms with Crippen LogP contribution in [0.25, 0.3) is 0 Å². The minimum absolute atomic E-state index is 0.0661. The molecule has 1 saturated carbocycles. The number of rotatable bonds is 6. The minimum Gasteiger partial charge on any atom is -0.341 e. The Morgan fingerprint density at radius 3 is 2.42 bits per heavy atom. The van der Waals surface area contributed by atoms with Crippen LogP contribution in [-0.4, -0.2) is 42.5 Å². The van der Waals surface area contributed by atoms with Crippen LogP contribution in [-0.2, 0) is 4.79 Å². The summed E-state index contributed by atoms with van der Waals surface area (Å²) >= 11 is 0. The smallest absolute Gasteiger partial charge is 0.315 e. The third-order valence-corrected chi connectivity index (χ3v) is 3.55.